The van der Waals surface area contributed by atoms with Crippen molar-refractivity contribution < 1.29 is 5.11 Å². The maximum Gasteiger partial charge on any atom is 0.0578 e. The molecule has 3 unspecified atom stereocenters. The highest BCUT2D eigenvalue weighted by molar-refractivity contribution is 4.85. The molecule has 1 heterocycles. The molecular weight excluding hydrogens is 176 g/mol. The van der Waals surface area contributed by atoms with Gasteiger partial charge in [-0.15, -0.1) is 0 Å². The average molecular weight is 200 g/mol. The Kier molecular flexibility index (Phi) is 4.35. The molecule has 3 heteroatoms. The summed E-state index contributed by atoms with van der Waals surface area (Å²) in [5, 5.41) is 9.82. The van der Waals surface area contributed by atoms with Crippen LogP contribution < -0.4 is 5.73 Å². The molecule has 1 fully saturated rings. The second-order valence-corrected chi connectivity index (χ2v) is 4.78. The first kappa shape index (κ1) is 12.0. The van der Waals surface area contributed by atoms with E-state index in [0.717, 1.165) is 25.9 Å². The third kappa shape index (κ3) is 2.94. The van der Waals surface area contributed by atoms with Crippen LogP contribution in [0.1, 0.15) is 33.6 Å². The zero-order valence-electron chi connectivity index (χ0n) is 9.61. The van der Waals surface area contributed by atoms with Gasteiger partial charge in [0.2, 0.25) is 0 Å². The Balaban J connectivity index is 2.53. The molecule has 1 rings (SSSR count). The molecule has 3 nitrogen and oxygen atoms in total. The van der Waals surface area contributed by atoms with E-state index in [2.05, 4.69) is 18.7 Å². The first-order valence-electron chi connectivity index (χ1n) is 5.72. The Bertz CT molecular complexity index is 173. The van der Waals surface area contributed by atoms with Gasteiger partial charge < -0.3 is 10.8 Å². The number of hydrogen-bond acceptors (Lipinski definition) is 3. The van der Waals surface area contributed by atoms with Crippen LogP contribution in [-0.2, 0) is 0 Å². The highest BCUT2D eigenvalue weighted by Crippen LogP contribution is 2.22. The minimum Gasteiger partial charge on any atom is -0.393 e. The molecule has 14 heavy (non-hydrogen) atoms. The van der Waals surface area contributed by atoms with Gasteiger partial charge in [0.15, 0.2) is 0 Å². The molecular formula is C11H24N2O. The van der Waals surface area contributed by atoms with Crippen LogP contribution in [0.25, 0.3) is 0 Å². The second-order valence-electron chi connectivity index (χ2n) is 4.78. The van der Waals surface area contributed by atoms with Gasteiger partial charge in [0.1, 0.15) is 0 Å². The van der Waals surface area contributed by atoms with E-state index in [9.17, 15) is 5.11 Å². The third-order valence-corrected chi connectivity index (χ3v) is 3.24. The molecule has 0 aromatic heterocycles. The van der Waals surface area contributed by atoms with Crippen LogP contribution in [0, 0.1) is 5.92 Å². The summed E-state index contributed by atoms with van der Waals surface area (Å²) in [6.45, 7) is 8.39. The predicted molar refractivity (Wildman–Crippen MR) is 59.1 cm³/mol. The van der Waals surface area contributed by atoms with E-state index in [1.54, 1.807) is 0 Å². The summed E-state index contributed by atoms with van der Waals surface area (Å²) in [7, 11) is 0. The Morgan fingerprint density at radius 1 is 1.43 bits per heavy atom. The smallest absolute Gasteiger partial charge is 0.0578 e. The van der Waals surface area contributed by atoms with Gasteiger partial charge in [-0.05, 0) is 32.6 Å². The third-order valence-electron chi connectivity index (χ3n) is 3.24. The van der Waals surface area contributed by atoms with Crippen LogP contribution in [0.4, 0.5) is 0 Å². The molecule has 0 aromatic carbocycles. The molecule has 0 aromatic rings. The van der Waals surface area contributed by atoms with Gasteiger partial charge in [0, 0.05) is 25.2 Å². The minimum atomic E-state index is -0.178. The normalized spacial score (nSPS) is 32.1. The van der Waals surface area contributed by atoms with Crippen LogP contribution in [0.3, 0.4) is 0 Å². The van der Waals surface area contributed by atoms with Crippen molar-refractivity contribution in [2.45, 2.75) is 51.8 Å². The second kappa shape index (κ2) is 5.10. The lowest BCUT2D eigenvalue weighted by Gasteiger charge is -2.40. The molecule has 0 radical (unpaired) electrons. The fourth-order valence-electron chi connectivity index (χ4n) is 2.25. The topological polar surface area (TPSA) is 49.5 Å². The van der Waals surface area contributed by atoms with Gasteiger partial charge in [-0.1, -0.05) is 6.92 Å². The van der Waals surface area contributed by atoms with Crippen LogP contribution in [0.15, 0.2) is 0 Å². The van der Waals surface area contributed by atoms with Crippen LogP contribution in [0.2, 0.25) is 0 Å². The van der Waals surface area contributed by atoms with Crippen LogP contribution >= 0.6 is 0 Å². The molecule has 1 aliphatic rings. The lowest BCUT2D eigenvalue weighted by molar-refractivity contribution is 0.0307. The maximum absolute atomic E-state index is 9.82. The number of rotatable bonds is 3. The lowest BCUT2D eigenvalue weighted by Crippen LogP contribution is -2.52. The van der Waals surface area contributed by atoms with E-state index < -0.39 is 0 Å². The zero-order chi connectivity index (χ0) is 10.7. The Morgan fingerprint density at radius 2 is 2.07 bits per heavy atom. The van der Waals surface area contributed by atoms with Crippen molar-refractivity contribution in [2.75, 3.05) is 13.1 Å². The summed E-state index contributed by atoms with van der Waals surface area (Å²) in [4.78, 5) is 2.37. The lowest BCUT2D eigenvalue weighted by atomic mass is 9.88. The van der Waals surface area contributed by atoms with E-state index >= 15 is 0 Å². The summed E-state index contributed by atoms with van der Waals surface area (Å²) >= 11 is 0. The van der Waals surface area contributed by atoms with Crippen LogP contribution in [0.5, 0.6) is 0 Å². The average Bonchev–Trinajstić information content (AvgIpc) is 2.15. The van der Waals surface area contributed by atoms with Crippen molar-refractivity contribution in [3.8, 4) is 0 Å². The molecule has 84 valence electrons. The highest BCUT2D eigenvalue weighted by atomic mass is 16.3. The Labute approximate surface area is 87.3 Å². The molecule has 0 aliphatic carbocycles. The standard InChI is InChI=1S/C11H24N2O/c1-4-11(14)9-5-10(12)7-13(6-9)8(2)3/h8-11,14H,4-7,12H2,1-3H3. The number of piperidine rings is 1. The monoisotopic (exact) mass is 200 g/mol. The summed E-state index contributed by atoms with van der Waals surface area (Å²) < 4.78 is 0. The van der Waals surface area contributed by atoms with Crippen molar-refractivity contribution in [1.29, 1.82) is 0 Å². The fraction of sp³-hybridized carbons (Fsp3) is 1.00. The molecule has 1 aliphatic heterocycles. The van der Waals surface area contributed by atoms with Gasteiger partial charge in [0.05, 0.1) is 6.10 Å². The molecule has 0 amide bonds. The van der Waals surface area contributed by atoms with E-state index in [1.807, 2.05) is 6.92 Å². The van der Waals surface area contributed by atoms with Crippen LogP contribution in [-0.4, -0.2) is 41.3 Å². The van der Waals surface area contributed by atoms with Crippen molar-refractivity contribution in [2.24, 2.45) is 11.7 Å². The molecule has 0 saturated carbocycles. The maximum atomic E-state index is 9.82. The molecule has 3 atom stereocenters. The van der Waals surface area contributed by atoms with E-state index in [1.165, 1.54) is 0 Å². The number of hydrogen-bond donors (Lipinski definition) is 2. The summed E-state index contributed by atoms with van der Waals surface area (Å²) in [6, 6.07) is 0.769. The van der Waals surface area contributed by atoms with Gasteiger partial charge in [-0.2, -0.15) is 0 Å². The SMILES string of the molecule is CCC(O)C1CC(N)CN(C(C)C)C1. The summed E-state index contributed by atoms with van der Waals surface area (Å²) in [5.74, 6) is 0.367. The number of nitrogens with two attached hydrogens (primary N) is 1. The molecule has 0 spiro atoms. The van der Waals surface area contributed by atoms with Crippen molar-refractivity contribution in [3.05, 3.63) is 0 Å². The predicted octanol–water partition coefficient (Wildman–Crippen LogP) is 0.815. The minimum absolute atomic E-state index is 0.178. The number of aliphatic hydroxyl groups excluding tert-OH is 1. The number of nitrogens with zero attached hydrogens (tertiary/aromatic N) is 1. The number of aliphatic hydroxyl groups is 1. The van der Waals surface area contributed by atoms with E-state index in [-0.39, 0.29) is 12.1 Å². The zero-order valence-corrected chi connectivity index (χ0v) is 9.61. The summed E-state index contributed by atoms with van der Waals surface area (Å²) in [6.07, 6.45) is 1.63. The Morgan fingerprint density at radius 3 is 2.57 bits per heavy atom. The quantitative estimate of drug-likeness (QED) is 0.709. The molecule has 0 bridgehead atoms. The van der Waals surface area contributed by atoms with E-state index in [0.29, 0.717) is 12.0 Å². The first-order valence-corrected chi connectivity index (χ1v) is 5.72. The molecule has 1 saturated heterocycles. The first-order chi connectivity index (χ1) is 6.54. The van der Waals surface area contributed by atoms with Gasteiger partial charge in [0.25, 0.3) is 0 Å². The Hall–Kier alpha value is -0.120. The van der Waals surface area contributed by atoms with Crippen molar-refractivity contribution in [1.82, 2.24) is 4.90 Å². The van der Waals surface area contributed by atoms with Gasteiger partial charge >= 0.3 is 0 Å². The largest absolute Gasteiger partial charge is 0.393 e. The van der Waals surface area contributed by atoms with Gasteiger partial charge in [-0.3, -0.25) is 4.90 Å². The van der Waals surface area contributed by atoms with Gasteiger partial charge in [-0.25, -0.2) is 0 Å². The van der Waals surface area contributed by atoms with E-state index in [4.69, 9.17) is 5.73 Å². The van der Waals surface area contributed by atoms with Crippen molar-refractivity contribution >= 4 is 0 Å². The molecule has 3 N–H and O–H groups in total. The number of likely N-dealkylation sites (tertiary alicyclic amines) is 1. The summed E-state index contributed by atoms with van der Waals surface area (Å²) in [5.41, 5.74) is 5.99. The highest BCUT2D eigenvalue weighted by Gasteiger charge is 2.29. The fourth-order valence-corrected chi connectivity index (χ4v) is 2.25. The van der Waals surface area contributed by atoms with Crippen molar-refractivity contribution in [3.63, 3.8) is 0 Å².